The van der Waals surface area contributed by atoms with Crippen molar-refractivity contribution in [3.05, 3.63) is 51.5 Å². The van der Waals surface area contributed by atoms with Crippen LogP contribution in [0.5, 0.6) is 0 Å². The number of aryl methyl sites for hydroxylation is 2. The Morgan fingerprint density at radius 1 is 1.41 bits per heavy atom. The van der Waals surface area contributed by atoms with E-state index in [4.69, 9.17) is 0 Å². The summed E-state index contributed by atoms with van der Waals surface area (Å²) in [4.78, 5) is 5.61. The molecule has 0 aliphatic heterocycles. The maximum Gasteiger partial charge on any atom is 0.0675 e. The first-order valence-electron chi connectivity index (χ1n) is 5.92. The first-order chi connectivity index (χ1) is 8.27. The fraction of sp³-hybridized carbons (Fsp3) is 0.357. The first kappa shape index (κ1) is 12.3. The van der Waals surface area contributed by atoms with E-state index in [1.807, 2.05) is 30.8 Å². The van der Waals surface area contributed by atoms with Crippen LogP contribution in [0.3, 0.4) is 0 Å². The third-order valence-corrected chi connectivity index (χ3v) is 4.17. The summed E-state index contributed by atoms with van der Waals surface area (Å²) in [6, 6.07) is 4.59. The van der Waals surface area contributed by atoms with Crippen molar-refractivity contribution >= 4 is 11.3 Å². The molecule has 17 heavy (non-hydrogen) atoms. The molecule has 0 aliphatic rings. The van der Waals surface area contributed by atoms with E-state index in [0.29, 0.717) is 0 Å². The van der Waals surface area contributed by atoms with E-state index in [-0.39, 0.29) is 6.04 Å². The summed E-state index contributed by atoms with van der Waals surface area (Å²) in [5.74, 6) is 0. The monoisotopic (exact) mass is 246 g/mol. The Morgan fingerprint density at radius 3 is 2.82 bits per heavy atom. The zero-order valence-electron chi connectivity index (χ0n) is 10.5. The number of nitrogens with one attached hydrogen (secondary N) is 1. The summed E-state index contributed by atoms with van der Waals surface area (Å²) in [5.41, 5.74) is 4.02. The lowest BCUT2D eigenvalue weighted by Crippen LogP contribution is -2.19. The third kappa shape index (κ3) is 2.40. The Balaban J connectivity index is 2.46. The Hall–Kier alpha value is -1.19. The van der Waals surface area contributed by atoms with Crippen LogP contribution in [0.1, 0.15) is 34.5 Å². The van der Waals surface area contributed by atoms with Crippen LogP contribution in [0.15, 0.2) is 29.9 Å². The Kier molecular flexibility index (Phi) is 3.92. The van der Waals surface area contributed by atoms with Crippen LogP contribution >= 0.6 is 11.3 Å². The van der Waals surface area contributed by atoms with Gasteiger partial charge >= 0.3 is 0 Å². The van der Waals surface area contributed by atoms with Crippen molar-refractivity contribution < 1.29 is 0 Å². The van der Waals surface area contributed by atoms with Gasteiger partial charge in [0.15, 0.2) is 0 Å². The molecule has 3 heteroatoms. The van der Waals surface area contributed by atoms with E-state index >= 15 is 0 Å². The summed E-state index contributed by atoms with van der Waals surface area (Å²) in [5, 5.41) is 5.57. The molecular weight excluding hydrogens is 228 g/mol. The Morgan fingerprint density at radius 2 is 2.24 bits per heavy atom. The molecule has 0 aliphatic carbocycles. The van der Waals surface area contributed by atoms with Crippen LogP contribution in [0, 0.1) is 6.92 Å². The molecular formula is C14H18N2S. The van der Waals surface area contributed by atoms with Gasteiger partial charge in [0, 0.05) is 17.3 Å². The van der Waals surface area contributed by atoms with Gasteiger partial charge in [-0.25, -0.2) is 0 Å². The smallest absolute Gasteiger partial charge is 0.0675 e. The van der Waals surface area contributed by atoms with Crippen LogP contribution in [-0.4, -0.2) is 12.0 Å². The fourth-order valence-electron chi connectivity index (χ4n) is 2.12. The number of pyridine rings is 1. The molecule has 0 spiro atoms. The maximum atomic E-state index is 4.21. The lowest BCUT2D eigenvalue weighted by molar-refractivity contribution is 0.690. The third-order valence-electron chi connectivity index (χ3n) is 3.09. The first-order valence-corrected chi connectivity index (χ1v) is 6.80. The SMILES string of the molecule is CCc1cnccc1C(NC)c1sccc1C. The van der Waals surface area contributed by atoms with Crippen molar-refractivity contribution in [3.63, 3.8) is 0 Å². The summed E-state index contributed by atoms with van der Waals surface area (Å²) in [6.07, 6.45) is 4.87. The number of rotatable bonds is 4. The second-order valence-electron chi connectivity index (χ2n) is 4.12. The van der Waals surface area contributed by atoms with E-state index < -0.39 is 0 Å². The molecule has 2 heterocycles. The summed E-state index contributed by atoms with van der Waals surface area (Å²) < 4.78 is 0. The second kappa shape index (κ2) is 5.43. The van der Waals surface area contributed by atoms with Crippen molar-refractivity contribution in [2.45, 2.75) is 26.3 Å². The van der Waals surface area contributed by atoms with Crippen molar-refractivity contribution in [2.75, 3.05) is 7.05 Å². The van der Waals surface area contributed by atoms with Crippen molar-refractivity contribution in [3.8, 4) is 0 Å². The molecule has 0 saturated carbocycles. The zero-order valence-corrected chi connectivity index (χ0v) is 11.3. The van der Waals surface area contributed by atoms with Crippen LogP contribution in [0.4, 0.5) is 0 Å². The molecule has 0 amide bonds. The number of hydrogen-bond acceptors (Lipinski definition) is 3. The lowest BCUT2D eigenvalue weighted by atomic mass is 9.98. The number of thiophene rings is 1. The maximum absolute atomic E-state index is 4.21. The molecule has 1 unspecified atom stereocenters. The molecule has 0 bridgehead atoms. The van der Waals surface area contributed by atoms with Gasteiger partial charge in [0.2, 0.25) is 0 Å². The van der Waals surface area contributed by atoms with Gasteiger partial charge < -0.3 is 5.32 Å². The topological polar surface area (TPSA) is 24.9 Å². The number of nitrogens with zero attached hydrogens (tertiary/aromatic N) is 1. The average molecular weight is 246 g/mol. The molecule has 0 radical (unpaired) electrons. The van der Waals surface area contributed by atoms with Crippen LogP contribution in [0.25, 0.3) is 0 Å². The molecule has 90 valence electrons. The highest BCUT2D eigenvalue weighted by Crippen LogP contribution is 2.30. The van der Waals surface area contributed by atoms with Crippen molar-refractivity contribution in [1.82, 2.24) is 10.3 Å². The predicted octanol–water partition coefficient (Wildman–Crippen LogP) is 3.32. The lowest BCUT2D eigenvalue weighted by Gasteiger charge is -2.19. The molecule has 2 rings (SSSR count). The van der Waals surface area contributed by atoms with Gasteiger partial charge in [-0.2, -0.15) is 0 Å². The van der Waals surface area contributed by atoms with Gasteiger partial charge in [-0.05, 0) is 54.6 Å². The van der Waals surface area contributed by atoms with E-state index in [1.165, 1.54) is 21.6 Å². The van der Waals surface area contributed by atoms with Gasteiger partial charge in [0.25, 0.3) is 0 Å². The largest absolute Gasteiger partial charge is 0.309 e. The molecule has 1 N–H and O–H groups in total. The van der Waals surface area contributed by atoms with Gasteiger partial charge in [-0.1, -0.05) is 6.92 Å². The van der Waals surface area contributed by atoms with Crippen LogP contribution in [0.2, 0.25) is 0 Å². The van der Waals surface area contributed by atoms with E-state index in [9.17, 15) is 0 Å². The summed E-state index contributed by atoms with van der Waals surface area (Å²) in [7, 11) is 2.02. The molecule has 2 aromatic heterocycles. The van der Waals surface area contributed by atoms with E-state index in [2.05, 4.69) is 41.7 Å². The van der Waals surface area contributed by atoms with E-state index in [0.717, 1.165) is 6.42 Å². The molecule has 2 aromatic rings. The average Bonchev–Trinajstić information content (AvgIpc) is 2.78. The highest BCUT2D eigenvalue weighted by molar-refractivity contribution is 7.10. The minimum atomic E-state index is 0.285. The number of hydrogen-bond donors (Lipinski definition) is 1. The zero-order chi connectivity index (χ0) is 12.3. The summed E-state index contributed by atoms with van der Waals surface area (Å²) >= 11 is 1.81. The second-order valence-corrected chi connectivity index (χ2v) is 5.07. The standard InChI is InChI=1S/C14H18N2S/c1-4-11-9-16-7-5-12(11)13(15-3)14-10(2)6-8-17-14/h5-9,13,15H,4H2,1-3H3. The minimum absolute atomic E-state index is 0.285. The number of aromatic nitrogens is 1. The normalized spacial score (nSPS) is 12.6. The molecule has 2 nitrogen and oxygen atoms in total. The molecule has 0 saturated heterocycles. The van der Waals surface area contributed by atoms with Crippen molar-refractivity contribution in [1.29, 1.82) is 0 Å². The quantitative estimate of drug-likeness (QED) is 0.895. The Labute approximate surface area is 107 Å². The van der Waals surface area contributed by atoms with Gasteiger partial charge in [-0.3, -0.25) is 4.98 Å². The summed E-state index contributed by atoms with van der Waals surface area (Å²) in [6.45, 7) is 4.34. The highest BCUT2D eigenvalue weighted by Gasteiger charge is 2.17. The van der Waals surface area contributed by atoms with E-state index in [1.54, 1.807) is 0 Å². The van der Waals surface area contributed by atoms with Crippen molar-refractivity contribution in [2.24, 2.45) is 0 Å². The molecule has 1 atom stereocenters. The fourth-order valence-corrected chi connectivity index (χ4v) is 3.18. The van der Waals surface area contributed by atoms with Gasteiger partial charge in [-0.15, -0.1) is 11.3 Å². The molecule has 0 fully saturated rings. The molecule has 0 aromatic carbocycles. The van der Waals surface area contributed by atoms with Crippen LogP contribution < -0.4 is 5.32 Å². The van der Waals surface area contributed by atoms with Crippen LogP contribution in [-0.2, 0) is 6.42 Å². The van der Waals surface area contributed by atoms with Gasteiger partial charge in [0.05, 0.1) is 6.04 Å². The highest BCUT2D eigenvalue weighted by atomic mass is 32.1. The predicted molar refractivity (Wildman–Crippen MR) is 73.6 cm³/mol. The van der Waals surface area contributed by atoms with Gasteiger partial charge in [0.1, 0.15) is 0 Å². The minimum Gasteiger partial charge on any atom is -0.309 e. The Bertz CT molecular complexity index is 490.